The van der Waals surface area contributed by atoms with Crippen molar-refractivity contribution in [2.24, 2.45) is 5.92 Å². The Morgan fingerprint density at radius 3 is 2.68 bits per heavy atom. The first-order valence-electron chi connectivity index (χ1n) is 6.63. The first-order chi connectivity index (χ1) is 9.13. The van der Waals surface area contributed by atoms with Gasteiger partial charge in [-0.2, -0.15) is 0 Å². The summed E-state index contributed by atoms with van der Waals surface area (Å²) in [6.07, 6.45) is 5.37. The number of imide groups is 1. The van der Waals surface area contributed by atoms with Crippen LogP contribution in [0.1, 0.15) is 47.4 Å². The van der Waals surface area contributed by atoms with Crippen LogP contribution in [0, 0.1) is 5.92 Å². The highest BCUT2D eigenvalue weighted by Gasteiger charge is 2.29. The second kappa shape index (κ2) is 4.64. The van der Waals surface area contributed by atoms with E-state index in [0.717, 1.165) is 24.8 Å². The van der Waals surface area contributed by atoms with Crippen molar-refractivity contribution in [3.8, 4) is 0 Å². The Bertz CT molecular complexity index is 596. The number of carbonyl (C=O) groups is 2. The summed E-state index contributed by atoms with van der Waals surface area (Å²) >= 11 is 0. The van der Waals surface area contributed by atoms with Gasteiger partial charge in [0.2, 0.25) is 5.91 Å². The van der Waals surface area contributed by atoms with E-state index in [-0.39, 0.29) is 12.2 Å². The van der Waals surface area contributed by atoms with Crippen molar-refractivity contribution in [1.29, 1.82) is 0 Å². The minimum Gasteiger partial charge on any atom is -0.426 e. The van der Waals surface area contributed by atoms with Gasteiger partial charge in [0, 0.05) is 6.07 Å². The van der Waals surface area contributed by atoms with E-state index in [4.69, 9.17) is 4.42 Å². The summed E-state index contributed by atoms with van der Waals surface area (Å²) in [7, 11) is 0. The fourth-order valence-electron chi connectivity index (χ4n) is 3.06. The van der Waals surface area contributed by atoms with Crippen LogP contribution in [0.2, 0.25) is 0 Å². The van der Waals surface area contributed by atoms with Crippen LogP contribution < -0.4 is 10.9 Å². The van der Waals surface area contributed by atoms with Gasteiger partial charge in [0.15, 0.2) is 0 Å². The molecule has 0 bridgehead atoms. The highest BCUT2D eigenvalue weighted by atomic mass is 16.4. The van der Waals surface area contributed by atoms with Crippen LogP contribution in [-0.2, 0) is 17.6 Å². The molecule has 100 valence electrons. The molecule has 1 N–H and O–H groups in total. The maximum Gasteiger partial charge on any atom is 0.336 e. The molecule has 2 amide bonds. The Morgan fingerprint density at radius 2 is 1.95 bits per heavy atom. The van der Waals surface area contributed by atoms with Gasteiger partial charge < -0.3 is 4.42 Å². The molecule has 1 fully saturated rings. The number of amides is 2. The van der Waals surface area contributed by atoms with Crippen LogP contribution in [0.25, 0.3) is 0 Å². The van der Waals surface area contributed by atoms with Gasteiger partial charge in [0.25, 0.3) is 5.91 Å². The molecule has 2 aliphatic rings. The summed E-state index contributed by atoms with van der Waals surface area (Å²) < 4.78 is 5.01. The molecule has 0 saturated heterocycles. The Hall–Kier alpha value is -1.91. The third-order valence-electron chi connectivity index (χ3n) is 3.90. The molecule has 1 aliphatic heterocycles. The second-order valence-electron chi connectivity index (χ2n) is 5.30. The molecule has 5 heteroatoms. The Morgan fingerprint density at radius 1 is 1.21 bits per heavy atom. The van der Waals surface area contributed by atoms with Gasteiger partial charge in [-0.05, 0) is 17.9 Å². The van der Waals surface area contributed by atoms with Crippen molar-refractivity contribution in [2.45, 2.75) is 38.5 Å². The van der Waals surface area contributed by atoms with E-state index in [9.17, 15) is 14.4 Å². The summed E-state index contributed by atoms with van der Waals surface area (Å²) in [5.41, 5.74) is 0.642. The Balaban J connectivity index is 2.01. The molecule has 19 heavy (non-hydrogen) atoms. The monoisotopic (exact) mass is 261 g/mol. The molecule has 1 aromatic rings. The van der Waals surface area contributed by atoms with Crippen molar-refractivity contribution in [1.82, 2.24) is 5.32 Å². The lowest BCUT2D eigenvalue weighted by Gasteiger charge is -2.18. The van der Waals surface area contributed by atoms with E-state index in [1.165, 1.54) is 18.9 Å². The largest absolute Gasteiger partial charge is 0.426 e. The van der Waals surface area contributed by atoms with E-state index in [1.54, 1.807) is 0 Å². The maximum absolute atomic E-state index is 11.9. The fraction of sp³-hybridized carbons (Fsp3) is 0.500. The summed E-state index contributed by atoms with van der Waals surface area (Å²) in [5, 5.41) is 2.28. The summed E-state index contributed by atoms with van der Waals surface area (Å²) in [4.78, 5) is 34.8. The maximum atomic E-state index is 11.9. The SMILES string of the molecule is O=C1Cc2oc(=O)cc(CC3CCCC3)c2C(=O)N1. The van der Waals surface area contributed by atoms with Crippen LogP contribution >= 0.6 is 0 Å². The van der Waals surface area contributed by atoms with Gasteiger partial charge >= 0.3 is 5.63 Å². The summed E-state index contributed by atoms with van der Waals surface area (Å²) in [6, 6.07) is 1.40. The molecule has 0 unspecified atom stereocenters. The van der Waals surface area contributed by atoms with Gasteiger partial charge in [-0.15, -0.1) is 0 Å². The zero-order valence-electron chi connectivity index (χ0n) is 10.5. The van der Waals surface area contributed by atoms with Crippen molar-refractivity contribution >= 4 is 11.8 Å². The number of carbonyl (C=O) groups excluding carboxylic acids is 2. The minimum atomic E-state index is -0.478. The van der Waals surface area contributed by atoms with Crippen molar-refractivity contribution in [3.63, 3.8) is 0 Å². The number of nitrogens with one attached hydrogen (secondary N) is 1. The average molecular weight is 261 g/mol. The van der Waals surface area contributed by atoms with E-state index in [2.05, 4.69) is 5.32 Å². The van der Waals surface area contributed by atoms with Crippen LogP contribution in [0.15, 0.2) is 15.3 Å². The third-order valence-corrected chi connectivity index (χ3v) is 3.90. The number of rotatable bonds is 2. The van der Waals surface area contributed by atoms with Crippen molar-refractivity contribution in [2.75, 3.05) is 0 Å². The van der Waals surface area contributed by atoms with Crippen molar-refractivity contribution < 1.29 is 14.0 Å². The lowest BCUT2D eigenvalue weighted by Crippen LogP contribution is -2.38. The first-order valence-corrected chi connectivity index (χ1v) is 6.63. The van der Waals surface area contributed by atoms with Gasteiger partial charge in [-0.3, -0.25) is 14.9 Å². The molecular weight excluding hydrogens is 246 g/mol. The zero-order chi connectivity index (χ0) is 13.4. The lowest BCUT2D eigenvalue weighted by molar-refractivity contribution is -0.120. The van der Waals surface area contributed by atoms with Gasteiger partial charge in [0.05, 0.1) is 12.0 Å². The molecule has 3 rings (SSSR count). The number of fused-ring (bicyclic) bond motifs is 1. The van der Waals surface area contributed by atoms with E-state index >= 15 is 0 Å². The van der Waals surface area contributed by atoms with Gasteiger partial charge in [-0.1, -0.05) is 25.7 Å². The molecule has 1 saturated carbocycles. The minimum absolute atomic E-state index is 0.0329. The predicted octanol–water partition coefficient (Wildman–Crippen LogP) is 1.19. The van der Waals surface area contributed by atoms with Crippen molar-refractivity contribution in [3.05, 3.63) is 33.4 Å². The van der Waals surface area contributed by atoms with Crippen LogP contribution in [0.5, 0.6) is 0 Å². The molecule has 5 nitrogen and oxygen atoms in total. The molecular formula is C14H15NO4. The predicted molar refractivity (Wildman–Crippen MR) is 66.8 cm³/mol. The highest BCUT2D eigenvalue weighted by Crippen LogP contribution is 2.29. The van der Waals surface area contributed by atoms with Crippen LogP contribution in [0.4, 0.5) is 0 Å². The molecule has 2 heterocycles. The normalized spacial score (nSPS) is 19.4. The van der Waals surface area contributed by atoms with Gasteiger partial charge in [0.1, 0.15) is 5.76 Å². The molecule has 0 spiro atoms. The highest BCUT2D eigenvalue weighted by molar-refractivity contribution is 6.09. The van der Waals surface area contributed by atoms with Crippen LogP contribution in [0.3, 0.4) is 0 Å². The summed E-state index contributed by atoms with van der Waals surface area (Å²) in [5.74, 6) is -0.118. The molecule has 0 aromatic carbocycles. The first kappa shape index (κ1) is 12.1. The zero-order valence-corrected chi connectivity index (χ0v) is 10.5. The fourth-order valence-corrected chi connectivity index (χ4v) is 3.06. The topological polar surface area (TPSA) is 76.4 Å². The van der Waals surface area contributed by atoms with E-state index in [0.29, 0.717) is 11.5 Å². The molecule has 0 atom stereocenters. The average Bonchev–Trinajstić information content (AvgIpc) is 2.79. The smallest absolute Gasteiger partial charge is 0.336 e. The summed E-state index contributed by atoms with van der Waals surface area (Å²) in [6.45, 7) is 0. The number of hydrogen-bond donors (Lipinski definition) is 1. The van der Waals surface area contributed by atoms with E-state index in [1.807, 2.05) is 0 Å². The quantitative estimate of drug-likeness (QED) is 0.811. The third kappa shape index (κ3) is 2.32. The molecule has 1 aliphatic carbocycles. The standard InChI is InChI=1S/C14H15NO4/c16-11-7-10-13(14(18)15-11)9(6-12(17)19-10)5-8-3-1-2-4-8/h6,8H,1-5,7H2,(H,15,16,18). The van der Waals surface area contributed by atoms with Gasteiger partial charge in [-0.25, -0.2) is 4.79 Å². The number of hydrogen-bond acceptors (Lipinski definition) is 4. The Labute approximate surface area is 110 Å². The Kier molecular flexibility index (Phi) is 2.97. The molecule has 1 aromatic heterocycles. The lowest BCUT2D eigenvalue weighted by atomic mass is 9.92. The second-order valence-corrected chi connectivity index (χ2v) is 5.30. The van der Waals surface area contributed by atoms with Crippen LogP contribution in [-0.4, -0.2) is 11.8 Å². The van der Waals surface area contributed by atoms with E-state index < -0.39 is 17.4 Å². The molecule has 0 radical (unpaired) electrons.